The molecule has 0 heterocycles. The Labute approximate surface area is 73.5 Å². The Bertz CT molecular complexity index is 147. The highest BCUT2D eigenvalue weighted by Crippen LogP contribution is 2.53. The molecule has 0 radical (unpaired) electrons. The smallest absolute Gasteiger partial charge is 0.290 e. The molecule has 1 atom stereocenters. The number of rotatable bonds is 5. The summed E-state index contributed by atoms with van der Waals surface area (Å²) in [6.45, 7) is 3.62. The zero-order chi connectivity index (χ0) is 8.91. The van der Waals surface area contributed by atoms with Crippen molar-refractivity contribution in [2.75, 3.05) is 12.8 Å². The van der Waals surface area contributed by atoms with E-state index in [1.54, 1.807) is 0 Å². The van der Waals surface area contributed by atoms with Crippen LogP contribution >= 0.6 is 18.0 Å². The highest BCUT2D eigenvalue weighted by molar-refractivity contribution is 7.85. The number of halogens is 1. The first kappa shape index (κ1) is 11.5. The van der Waals surface area contributed by atoms with Gasteiger partial charge < -0.3 is 4.52 Å². The Balaban J connectivity index is 3.71. The van der Waals surface area contributed by atoms with Crippen molar-refractivity contribution in [1.29, 1.82) is 0 Å². The SMILES string of the molecule is CCCOP(=O)(Cl)CC(C)C. The Morgan fingerprint density at radius 2 is 2.09 bits per heavy atom. The summed E-state index contributed by atoms with van der Waals surface area (Å²) in [6, 6.07) is 0. The average molecular weight is 199 g/mol. The molecule has 2 nitrogen and oxygen atoms in total. The molecule has 11 heavy (non-hydrogen) atoms. The highest BCUT2D eigenvalue weighted by Gasteiger charge is 2.20. The predicted molar refractivity (Wildman–Crippen MR) is 49.4 cm³/mol. The molecule has 0 bridgehead atoms. The lowest BCUT2D eigenvalue weighted by molar-refractivity contribution is 0.321. The van der Waals surface area contributed by atoms with Gasteiger partial charge in [0.05, 0.1) is 6.61 Å². The van der Waals surface area contributed by atoms with E-state index in [9.17, 15) is 4.57 Å². The Hall–Kier alpha value is 0.480. The third-order valence-corrected chi connectivity index (χ3v) is 3.51. The summed E-state index contributed by atoms with van der Waals surface area (Å²) in [5.74, 6) is 0.329. The van der Waals surface area contributed by atoms with E-state index in [4.69, 9.17) is 15.8 Å². The average Bonchev–Trinajstić information content (AvgIpc) is 1.81. The largest absolute Gasteiger partial charge is 0.318 e. The van der Waals surface area contributed by atoms with Crippen molar-refractivity contribution in [1.82, 2.24) is 0 Å². The molecule has 0 amide bonds. The van der Waals surface area contributed by atoms with Gasteiger partial charge in [0.25, 0.3) is 6.72 Å². The maximum Gasteiger partial charge on any atom is 0.290 e. The third-order valence-electron chi connectivity index (χ3n) is 1.07. The van der Waals surface area contributed by atoms with Crippen LogP contribution in [0.3, 0.4) is 0 Å². The Kier molecular flexibility index (Phi) is 5.41. The molecule has 0 N–H and O–H groups in total. The second kappa shape index (κ2) is 5.18. The van der Waals surface area contributed by atoms with E-state index in [-0.39, 0.29) is 0 Å². The molecule has 0 saturated carbocycles. The first-order chi connectivity index (χ1) is 4.98. The van der Waals surface area contributed by atoms with Gasteiger partial charge in [-0.2, -0.15) is 0 Å². The molecule has 0 aliphatic carbocycles. The van der Waals surface area contributed by atoms with Gasteiger partial charge in [-0.1, -0.05) is 20.8 Å². The normalized spacial score (nSPS) is 16.8. The van der Waals surface area contributed by atoms with Crippen LogP contribution in [0.5, 0.6) is 0 Å². The van der Waals surface area contributed by atoms with Gasteiger partial charge in [-0.05, 0) is 23.6 Å². The van der Waals surface area contributed by atoms with Gasteiger partial charge in [-0.25, -0.2) is 0 Å². The van der Waals surface area contributed by atoms with E-state index < -0.39 is 6.72 Å². The molecule has 1 unspecified atom stereocenters. The van der Waals surface area contributed by atoms with Crippen LogP contribution in [0.15, 0.2) is 0 Å². The number of hydrogen-bond donors (Lipinski definition) is 0. The van der Waals surface area contributed by atoms with Crippen LogP contribution in [-0.2, 0) is 9.09 Å². The van der Waals surface area contributed by atoms with E-state index in [2.05, 4.69) is 0 Å². The van der Waals surface area contributed by atoms with Crippen LogP contribution in [0.2, 0.25) is 0 Å². The van der Waals surface area contributed by atoms with Crippen molar-refractivity contribution in [2.45, 2.75) is 27.2 Å². The van der Waals surface area contributed by atoms with Gasteiger partial charge in [-0.15, -0.1) is 0 Å². The van der Waals surface area contributed by atoms with Crippen LogP contribution in [0.25, 0.3) is 0 Å². The Morgan fingerprint density at radius 1 is 1.55 bits per heavy atom. The van der Waals surface area contributed by atoms with Crippen molar-refractivity contribution in [3.63, 3.8) is 0 Å². The first-order valence-electron chi connectivity index (χ1n) is 3.91. The minimum atomic E-state index is -2.79. The van der Waals surface area contributed by atoms with Crippen LogP contribution in [0, 0.1) is 5.92 Å². The Morgan fingerprint density at radius 3 is 2.45 bits per heavy atom. The van der Waals surface area contributed by atoms with Crippen LogP contribution in [-0.4, -0.2) is 12.8 Å². The van der Waals surface area contributed by atoms with Gasteiger partial charge in [-0.3, -0.25) is 4.57 Å². The minimum absolute atomic E-state index is 0.329. The molecule has 0 aliphatic heterocycles. The maximum absolute atomic E-state index is 11.3. The lowest BCUT2D eigenvalue weighted by Gasteiger charge is -2.12. The summed E-state index contributed by atoms with van der Waals surface area (Å²) in [5.41, 5.74) is 0. The molecular weight excluding hydrogens is 183 g/mol. The quantitative estimate of drug-likeness (QED) is 0.632. The summed E-state index contributed by atoms with van der Waals surface area (Å²) >= 11 is 5.64. The van der Waals surface area contributed by atoms with E-state index in [0.29, 0.717) is 18.7 Å². The fourth-order valence-electron chi connectivity index (χ4n) is 0.716. The van der Waals surface area contributed by atoms with Crippen LogP contribution < -0.4 is 0 Å². The molecule has 0 spiro atoms. The topological polar surface area (TPSA) is 26.3 Å². The molecule has 0 rings (SSSR count). The summed E-state index contributed by atoms with van der Waals surface area (Å²) in [5, 5.41) is 0. The first-order valence-corrected chi connectivity index (χ1v) is 6.62. The second-order valence-electron chi connectivity index (χ2n) is 3.00. The highest BCUT2D eigenvalue weighted by atomic mass is 35.7. The fourth-order valence-corrected chi connectivity index (χ4v) is 3.18. The van der Waals surface area contributed by atoms with Crippen LogP contribution in [0.4, 0.5) is 0 Å². The molecule has 0 aromatic carbocycles. The standard InChI is InChI=1S/C7H16ClO2P/c1-4-5-10-11(8,9)6-7(2)3/h7H,4-6H2,1-3H3. The summed E-state index contributed by atoms with van der Waals surface area (Å²) in [7, 11) is 0. The lowest BCUT2D eigenvalue weighted by atomic mass is 10.3. The van der Waals surface area contributed by atoms with E-state index >= 15 is 0 Å². The maximum atomic E-state index is 11.3. The van der Waals surface area contributed by atoms with Gasteiger partial charge in [0, 0.05) is 6.16 Å². The van der Waals surface area contributed by atoms with Gasteiger partial charge >= 0.3 is 0 Å². The molecular formula is C7H16ClO2P. The molecule has 0 saturated heterocycles. The van der Waals surface area contributed by atoms with Gasteiger partial charge in [0.2, 0.25) is 0 Å². The van der Waals surface area contributed by atoms with E-state index in [1.807, 2.05) is 20.8 Å². The second-order valence-corrected chi connectivity index (χ2v) is 6.35. The monoisotopic (exact) mass is 198 g/mol. The molecule has 0 fully saturated rings. The van der Waals surface area contributed by atoms with Crippen molar-refractivity contribution in [3.8, 4) is 0 Å². The van der Waals surface area contributed by atoms with E-state index in [1.165, 1.54) is 0 Å². The summed E-state index contributed by atoms with van der Waals surface area (Å²) in [6.07, 6.45) is 1.32. The molecule has 68 valence electrons. The van der Waals surface area contributed by atoms with Crippen molar-refractivity contribution in [2.24, 2.45) is 5.92 Å². The van der Waals surface area contributed by atoms with Gasteiger partial charge in [0.1, 0.15) is 0 Å². The zero-order valence-corrected chi connectivity index (χ0v) is 8.99. The molecule has 4 heteroatoms. The minimum Gasteiger partial charge on any atom is -0.318 e. The summed E-state index contributed by atoms with van der Waals surface area (Å²) < 4.78 is 16.3. The zero-order valence-electron chi connectivity index (χ0n) is 7.34. The number of hydrogen-bond acceptors (Lipinski definition) is 2. The summed E-state index contributed by atoms with van der Waals surface area (Å²) in [4.78, 5) is 0. The lowest BCUT2D eigenvalue weighted by Crippen LogP contribution is -1.98. The molecule has 0 aromatic heterocycles. The van der Waals surface area contributed by atoms with Crippen molar-refractivity contribution < 1.29 is 9.09 Å². The van der Waals surface area contributed by atoms with E-state index in [0.717, 1.165) is 6.42 Å². The third kappa shape index (κ3) is 6.86. The van der Waals surface area contributed by atoms with Crippen LogP contribution in [0.1, 0.15) is 27.2 Å². The van der Waals surface area contributed by atoms with Crippen molar-refractivity contribution >= 4 is 18.0 Å². The predicted octanol–water partition coefficient (Wildman–Crippen LogP) is 3.50. The fraction of sp³-hybridized carbons (Fsp3) is 1.00. The van der Waals surface area contributed by atoms with Gasteiger partial charge in [0.15, 0.2) is 0 Å². The molecule has 0 aliphatic rings. The van der Waals surface area contributed by atoms with Crippen molar-refractivity contribution in [3.05, 3.63) is 0 Å². The molecule has 0 aromatic rings.